The number of halogens is 4. The molecule has 1 saturated heterocycles. The summed E-state index contributed by atoms with van der Waals surface area (Å²) in [5, 5.41) is 3.65. The van der Waals surface area contributed by atoms with E-state index in [4.69, 9.17) is 16.3 Å². The van der Waals surface area contributed by atoms with Crippen LogP contribution in [0.15, 0.2) is 24.8 Å². The second kappa shape index (κ2) is 11.1. The number of nitrogens with zero attached hydrogens (tertiary/aromatic N) is 1. The first-order valence-electron chi connectivity index (χ1n) is 7.34. The molecule has 1 N–H and O–H groups in total. The summed E-state index contributed by atoms with van der Waals surface area (Å²) in [6.45, 7) is 9.78. The molecule has 7 heteroatoms. The number of nitrogens with one attached hydrogen (secondary N) is 1. The van der Waals surface area contributed by atoms with Crippen LogP contribution in [0, 0.1) is 5.82 Å². The average Bonchev–Trinajstić information content (AvgIpc) is 2.49. The van der Waals surface area contributed by atoms with Gasteiger partial charge in [-0.15, -0.1) is 31.4 Å². The number of hydrogen-bond donors (Lipinski definition) is 1. The van der Waals surface area contributed by atoms with Gasteiger partial charge in [0.15, 0.2) is 11.6 Å². The Labute approximate surface area is 155 Å². The van der Waals surface area contributed by atoms with E-state index in [2.05, 4.69) is 16.8 Å². The SMILES string of the molecule is C=CC[C@H](c1cc(F)c(OCC)c(Cl)c1)N1CCNCC1.Cl.Cl. The molecule has 3 nitrogen and oxygen atoms in total. The Bertz CT molecular complexity index is 473. The second-order valence-corrected chi connectivity index (χ2v) is 5.48. The van der Waals surface area contributed by atoms with Gasteiger partial charge in [-0.25, -0.2) is 4.39 Å². The van der Waals surface area contributed by atoms with Crippen molar-refractivity contribution in [3.05, 3.63) is 41.2 Å². The maximum Gasteiger partial charge on any atom is 0.173 e. The first-order valence-corrected chi connectivity index (χ1v) is 7.72. The third-order valence-electron chi connectivity index (χ3n) is 3.68. The van der Waals surface area contributed by atoms with Gasteiger partial charge in [0.25, 0.3) is 0 Å². The van der Waals surface area contributed by atoms with Gasteiger partial charge in [-0.2, -0.15) is 0 Å². The molecule has 0 aliphatic carbocycles. The van der Waals surface area contributed by atoms with Crippen molar-refractivity contribution in [2.24, 2.45) is 0 Å². The molecule has 2 rings (SSSR count). The van der Waals surface area contributed by atoms with E-state index < -0.39 is 5.82 Å². The van der Waals surface area contributed by atoms with Crippen molar-refractivity contribution >= 4 is 36.4 Å². The maximum absolute atomic E-state index is 14.2. The van der Waals surface area contributed by atoms with Crippen molar-refractivity contribution in [1.82, 2.24) is 10.2 Å². The van der Waals surface area contributed by atoms with Gasteiger partial charge in [-0.05, 0) is 31.0 Å². The van der Waals surface area contributed by atoms with E-state index in [0.29, 0.717) is 11.6 Å². The molecule has 0 amide bonds. The van der Waals surface area contributed by atoms with Gasteiger partial charge in [0.1, 0.15) is 0 Å². The van der Waals surface area contributed by atoms with Gasteiger partial charge in [-0.3, -0.25) is 4.90 Å². The van der Waals surface area contributed by atoms with E-state index >= 15 is 0 Å². The molecule has 1 aromatic carbocycles. The van der Waals surface area contributed by atoms with Crippen molar-refractivity contribution in [2.75, 3.05) is 32.8 Å². The van der Waals surface area contributed by atoms with E-state index in [1.807, 2.05) is 19.1 Å². The molecule has 1 aromatic rings. The summed E-state index contributed by atoms with van der Waals surface area (Å²) < 4.78 is 19.5. The minimum absolute atomic E-state index is 0. The minimum Gasteiger partial charge on any atom is -0.489 e. The molecule has 23 heavy (non-hydrogen) atoms. The van der Waals surface area contributed by atoms with Crippen LogP contribution in [0.4, 0.5) is 4.39 Å². The summed E-state index contributed by atoms with van der Waals surface area (Å²) in [5.41, 5.74) is 0.878. The zero-order valence-corrected chi connectivity index (χ0v) is 15.6. The van der Waals surface area contributed by atoms with Gasteiger partial charge in [0, 0.05) is 32.2 Å². The molecule has 0 radical (unpaired) electrons. The fraction of sp³-hybridized carbons (Fsp3) is 0.500. The zero-order chi connectivity index (χ0) is 15.2. The molecule has 0 spiro atoms. The normalized spacial score (nSPS) is 16.0. The molecule has 0 bridgehead atoms. The Morgan fingerprint density at radius 2 is 2.04 bits per heavy atom. The molecular weight excluding hydrogens is 362 g/mol. The van der Waals surface area contributed by atoms with E-state index in [1.54, 1.807) is 0 Å². The summed E-state index contributed by atoms with van der Waals surface area (Å²) in [6.07, 6.45) is 2.64. The molecule has 132 valence electrons. The van der Waals surface area contributed by atoms with Gasteiger partial charge in [0.2, 0.25) is 0 Å². The van der Waals surface area contributed by atoms with Gasteiger partial charge < -0.3 is 10.1 Å². The van der Waals surface area contributed by atoms with Crippen LogP contribution >= 0.6 is 36.4 Å². The third-order valence-corrected chi connectivity index (χ3v) is 3.96. The lowest BCUT2D eigenvalue weighted by atomic mass is 10.0. The standard InChI is InChI=1S/C16H22ClFN2O.2ClH/c1-3-5-15(20-8-6-19-7-9-20)12-10-13(17)16(21-4-2)14(18)11-12;;/h3,10-11,15,19H,1,4-9H2,2H3;2*1H/t15-;;/m1../s1. The Morgan fingerprint density at radius 3 is 2.57 bits per heavy atom. The van der Waals surface area contributed by atoms with Crippen LogP contribution in [-0.2, 0) is 0 Å². The lowest BCUT2D eigenvalue weighted by molar-refractivity contribution is 0.174. The van der Waals surface area contributed by atoms with Crippen LogP contribution < -0.4 is 10.1 Å². The Hall–Kier alpha value is -0.520. The van der Waals surface area contributed by atoms with Gasteiger partial charge in [0.05, 0.1) is 11.6 Å². The smallest absolute Gasteiger partial charge is 0.173 e. The lowest BCUT2D eigenvalue weighted by Gasteiger charge is -2.35. The fourth-order valence-corrected chi connectivity index (χ4v) is 2.97. The van der Waals surface area contributed by atoms with Crippen molar-refractivity contribution in [2.45, 2.75) is 19.4 Å². The summed E-state index contributed by atoms with van der Waals surface area (Å²) in [4.78, 5) is 2.34. The van der Waals surface area contributed by atoms with Crippen LogP contribution in [-0.4, -0.2) is 37.7 Å². The van der Waals surface area contributed by atoms with Crippen LogP contribution in [0.2, 0.25) is 5.02 Å². The molecule has 1 aliphatic rings. The van der Waals surface area contributed by atoms with E-state index in [-0.39, 0.29) is 36.6 Å². The van der Waals surface area contributed by atoms with Crippen LogP contribution in [0.1, 0.15) is 24.9 Å². The summed E-state index contributed by atoms with van der Waals surface area (Å²) in [5.74, 6) is -0.260. The average molecular weight is 386 g/mol. The second-order valence-electron chi connectivity index (χ2n) is 5.07. The number of piperazine rings is 1. The zero-order valence-electron chi connectivity index (χ0n) is 13.2. The minimum atomic E-state index is -0.399. The van der Waals surface area contributed by atoms with Crippen LogP contribution in [0.5, 0.6) is 5.75 Å². The van der Waals surface area contributed by atoms with Crippen molar-refractivity contribution in [1.29, 1.82) is 0 Å². The van der Waals surface area contributed by atoms with Gasteiger partial charge in [-0.1, -0.05) is 17.7 Å². The number of rotatable bonds is 6. The predicted molar refractivity (Wildman–Crippen MR) is 99.1 cm³/mol. The largest absolute Gasteiger partial charge is 0.489 e. The highest BCUT2D eigenvalue weighted by Crippen LogP contribution is 2.34. The monoisotopic (exact) mass is 384 g/mol. The summed E-state index contributed by atoms with van der Waals surface area (Å²) in [7, 11) is 0. The third kappa shape index (κ3) is 5.80. The predicted octanol–water partition coefficient (Wildman–Crippen LogP) is 4.24. The van der Waals surface area contributed by atoms with Gasteiger partial charge >= 0.3 is 0 Å². The van der Waals surface area contributed by atoms with Crippen molar-refractivity contribution < 1.29 is 9.13 Å². The topological polar surface area (TPSA) is 24.5 Å². The summed E-state index contributed by atoms with van der Waals surface area (Å²) in [6, 6.07) is 3.45. The van der Waals surface area contributed by atoms with E-state index in [9.17, 15) is 4.39 Å². The summed E-state index contributed by atoms with van der Waals surface area (Å²) >= 11 is 6.17. The Balaban J connectivity index is 0.00000242. The van der Waals surface area contributed by atoms with Crippen LogP contribution in [0.25, 0.3) is 0 Å². The number of ether oxygens (including phenoxy) is 1. The molecular formula is C16H24Cl3FN2O. The van der Waals surface area contributed by atoms with Crippen molar-refractivity contribution in [3.63, 3.8) is 0 Å². The molecule has 1 atom stereocenters. The Kier molecular flexibility index (Phi) is 10.9. The molecule has 0 aromatic heterocycles. The number of benzene rings is 1. The molecule has 0 unspecified atom stereocenters. The quantitative estimate of drug-likeness (QED) is 0.741. The van der Waals surface area contributed by atoms with E-state index in [1.165, 1.54) is 6.07 Å². The highest BCUT2D eigenvalue weighted by atomic mass is 35.5. The van der Waals surface area contributed by atoms with Crippen LogP contribution in [0.3, 0.4) is 0 Å². The maximum atomic E-state index is 14.2. The molecule has 0 saturated carbocycles. The highest BCUT2D eigenvalue weighted by molar-refractivity contribution is 6.32. The molecule has 1 heterocycles. The number of hydrogen-bond acceptors (Lipinski definition) is 3. The fourth-order valence-electron chi connectivity index (χ4n) is 2.70. The highest BCUT2D eigenvalue weighted by Gasteiger charge is 2.23. The molecule has 1 fully saturated rings. The van der Waals surface area contributed by atoms with Crippen molar-refractivity contribution in [3.8, 4) is 5.75 Å². The first-order chi connectivity index (χ1) is 10.2. The molecule has 1 aliphatic heterocycles. The lowest BCUT2D eigenvalue weighted by Crippen LogP contribution is -2.45. The van der Waals surface area contributed by atoms with E-state index in [0.717, 1.165) is 38.2 Å². The Morgan fingerprint density at radius 1 is 1.39 bits per heavy atom. The first kappa shape index (κ1) is 22.5.